The van der Waals surface area contributed by atoms with Gasteiger partial charge in [0.15, 0.2) is 0 Å². The van der Waals surface area contributed by atoms with Crippen LogP contribution in [-0.2, 0) is 19.2 Å². The van der Waals surface area contributed by atoms with Crippen molar-refractivity contribution in [3.63, 3.8) is 0 Å². The Hall–Kier alpha value is -1.50. The third-order valence-corrected chi connectivity index (χ3v) is 6.37. The number of nitrogens with two attached hydrogens (primary N) is 1. The van der Waals surface area contributed by atoms with Crippen LogP contribution in [0.3, 0.4) is 0 Å². The highest BCUT2D eigenvalue weighted by molar-refractivity contribution is 7.98. The number of hydrogen-bond acceptors (Lipinski definition) is 8. The molecule has 1 rings (SSSR count). The SMILES string of the molecule is CSCCC(N)C(=O)NC(CCSC)C(=O)NC(C(=O)N1CCCC1C(=O)O)C(C)O. The molecule has 0 aromatic carbocycles. The van der Waals surface area contributed by atoms with Gasteiger partial charge in [-0.1, -0.05) is 0 Å². The van der Waals surface area contributed by atoms with E-state index in [1.165, 1.54) is 23.6 Å². The van der Waals surface area contributed by atoms with Crippen molar-refractivity contribution in [2.75, 3.05) is 30.6 Å². The summed E-state index contributed by atoms with van der Waals surface area (Å²) >= 11 is 3.06. The van der Waals surface area contributed by atoms with Gasteiger partial charge in [-0.3, -0.25) is 14.4 Å². The van der Waals surface area contributed by atoms with Gasteiger partial charge in [0.25, 0.3) is 0 Å². The predicted molar refractivity (Wildman–Crippen MR) is 122 cm³/mol. The van der Waals surface area contributed by atoms with Gasteiger partial charge in [0, 0.05) is 6.54 Å². The second-order valence-corrected chi connectivity index (χ2v) is 9.46. The molecule has 3 amide bonds. The quantitative estimate of drug-likeness (QED) is 0.229. The van der Waals surface area contributed by atoms with E-state index in [-0.39, 0.29) is 6.54 Å². The minimum atomic E-state index is -1.31. The van der Waals surface area contributed by atoms with Crippen molar-refractivity contribution in [1.29, 1.82) is 0 Å². The lowest BCUT2D eigenvalue weighted by atomic mass is 10.1. The summed E-state index contributed by atoms with van der Waals surface area (Å²) in [6.07, 6.45) is 4.16. The van der Waals surface area contributed by atoms with Crippen LogP contribution in [0.5, 0.6) is 0 Å². The summed E-state index contributed by atoms with van der Waals surface area (Å²) in [4.78, 5) is 50.8. The zero-order valence-electron chi connectivity index (χ0n) is 18.2. The van der Waals surface area contributed by atoms with Crippen molar-refractivity contribution in [3.05, 3.63) is 0 Å². The molecular formula is C19H34N4O6S2. The van der Waals surface area contributed by atoms with Crippen LogP contribution in [0.2, 0.25) is 0 Å². The minimum absolute atomic E-state index is 0.242. The van der Waals surface area contributed by atoms with Gasteiger partial charge in [0.05, 0.1) is 12.1 Å². The average molecular weight is 479 g/mol. The van der Waals surface area contributed by atoms with E-state index in [1.54, 1.807) is 11.8 Å². The van der Waals surface area contributed by atoms with E-state index >= 15 is 0 Å². The number of nitrogens with zero attached hydrogens (tertiary/aromatic N) is 1. The molecule has 0 aliphatic carbocycles. The van der Waals surface area contributed by atoms with Gasteiger partial charge in [-0.2, -0.15) is 23.5 Å². The number of rotatable bonds is 13. The first-order valence-corrected chi connectivity index (χ1v) is 13.0. The van der Waals surface area contributed by atoms with Crippen molar-refractivity contribution < 1.29 is 29.4 Å². The second-order valence-electron chi connectivity index (χ2n) is 7.49. The number of thioether (sulfide) groups is 2. The van der Waals surface area contributed by atoms with Gasteiger partial charge >= 0.3 is 5.97 Å². The number of carboxylic acids is 1. The molecule has 1 heterocycles. The molecular weight excluding hydrogens is 444 g/mol. The third-order valence-electron chi connectivity index (χ3n) is 5.08. The fraction of sp³-hybridized carbons (Fsp3) is 0.789. The number of likely N-dealkylation sites (tertiary alicyclic amines) is 1. The molecule has 1 aliphatic rings. The fourth-order valence-corrected chi connectivity index (χ4v) is 4.23. The number of amides is 3. The summed E-state index contributed by atoms with van der Waals surface area (Å²) in [5.41, 5.74) is 5.89. The Morgan fingerprint density at radius 3 is 2.26 bits per heavy atom. The van der Waals surface area contributed by atoms with Crippen LogP contribution in [0.25, 0.3) is 0 Å². The molecule has 0 bridgehead atoms. The largest absolute Gasteiger partial charge is 0.480 e. The van der Waals surface area contributed by atoms with E-state index in [9.17, 15) is 29.4 Å². The molecule has 12 heteroatoms. The monoisotopic (exact) mass is 478 g/mol. The van der Waals surface area contributed by atoms with E-state index < -0.39 is 54.0 Å². The first-order valence-electron chi connectivity index (χ1n) is 10.2. The Morgan fingerprint density at radius 2 is 1.71 bits per heavy atom. The summed E-state index contributed by atoms with van der Waals surface area (Å²) in [6.45, 7) is 1.59. The second kappa shape index (κ2) is 13.8. The summed E-state index contributed by atoms with van der Waals surface area (Å²) in [5, 5.41) is 24.6. The van der Waals surface area contributed by atoms with Crippen molar-refractivity contribution in [2.24, 2.45) is 5.73 Å². The molecule has 0 aromatic heterocycles. The Kier molecular flexibility index (Phi) is 12.3. The van der Waals surface area contributed by atoms with Crippen LogP contribution in [-0.4, -0.2) is 99.6 Å². The first kappa shape index (κ1) is 27.5. The van der Waals surface area contributed by atoms with Crippen LogP contribution >= 0.6 is 23.5 Å². The Bertz CT molecular complexity index is 637. The standard InChI is InChI=1S/C19H34N4O6S2/c1-11(24)15(18(27)23-8-4-5-14(23)19(28)29)22-17(26)13(7-10-31-3)21-16(25)12(20)6-9-30-2/h11-15,24H,4-10,20H2,1-3H3,(H,21,25)(H,22,26)(H,28,29). The predicted octanol–water partition coefficient (Wildman–Crippen LogP) is -0.754. The highest BCUT2D eigenvalue weighted by Crippen LogP contribution is 2.19. The lowest BCUT2D eigenvalue weighted by Gasteiger charge is -2.30. The summed E-state index contributed by atoms with van der Waals surface area (Å²) in [6, 6.07) is -3.98. The van der Waals surface area contributed by atoms with Crippen LogP contribution in [0.4, 0.5) is 0 Å². The molecule has 1 aliphatic heterocycles. The first-order chi connectivity index (χ1) is 14.6. The summed E-state index contributed by atoms with van der Waals surface area (Å²) in [7, 11) is 0. The molecule has 5 unspecified atom stereocenters. The number of nitrogens with one attached hydrogen (secondary N) is 2. The van der Waals surface area contributed by atoms with Gasteiger partial charge in [0.1, 0.15) is 18.1 Å². The van der Waals surface area contributed by atoms with Crippen LogP contribution in [0, 0.1) is 0 Å². The number of aliphatic hydroxyl groups is 1. The molecule has 1 saturated heterocycles. The van der Waals surface area contributed by atoms with E-state index in [0.29, 0.717) is 37.2 Å². The van der Waals surface area contributed by atoms with Gasteiger partial charge < -0.3 is 31.5 Å². The molecule has 0 aromatic rings. The van der Waals surface area contributed by atoms with E-state index in [1.807, 2.05) is 12.5 Å². The maximum absolute atomic E-state index is 12.9. The maximum atomic E-state index is 12.9. The number of aliphatic hydroxyl groups excluding tert-OH is 1. The molecule has 178 valence electrons. The zero-order chi connectivity index (χ0) is 23.6. The number of carbonyl (C=O) groups excluding carboxylic acids is 3. The van der Waals surface area contributed by atoms with Gasteiger partial charge in [-0.15, -0.1) is 0 Å². The summed E-state index contributed by atoms with van der Waals surface area (Å²) in [5.74, 6) is -1.56. The molecule has 1 fully saturated rings. The highest BCUT2D eigenvalue weighted by atomic mass is 32.2. The molecule has 6 N–H and O–H groups in total. The van der Waals surface area contributed by atoms with E-state index in [2.05, 4.69) is 10.6 Å². The van der Waals surface area contributed by atoms with Gasteiger partial charge in [-0.05, 0) is 56.6 Å². The van der Waals surface area contributed by atoms with Gasteiger partial charge in [-0.25, -0.2) is 4.79 Å². The number of hydrogen-bond donors (Lipinski definition) is 5. The maximum Gasteiger partial charge on any atom is 0.326 e. The number of carbonyl (C=O) groups is 4. The summed E-state index contributed by atoms with van der Waals surface area (Å²) < 4.78 is 0. The van der Waals surface area contributed by atoms with Gasteiger partial charge in [0.2, 0.25) is 17.7 Å². The van der Waals surface area contributed by atoms with E-state index in [4.69, 9.17) is 5.73 Å². The van der Waals surface area contributed by atoms with Crippen LogP contribution in [0.1, 0.15) is 32.6 Å². The van der Waals surface area contributed by atoms with E-state index in [0.717, 1.165) is 0 Å². The molecule has 0 spiro atoms. The topological polar surface area (TPSA) is 162 Å². The number of carboxylic acid groups (broad SMARTS) is 1. The highest BCUT2D eigenvalue weighted by Gasteiger charge is 2.40. The molecule has 31 heavy (non-hydrogen) atoms. The van der Waals surface area contributed by atoms with Crippen LogP contribution < -0.4 is 16.4 Å². The van der Waals surface area contributed by atoms with Crippen molar-refractivity contribution in [1.82, 2.24) is 15.5 Å². The Labute approximate surface area is 191 Å². The van der Waals surface area contributed by atoms with Crippen LogP contribution in [0.15, 0.2) is 0 Å². The zero-order valence-corrected chi connectivity index (χ0v) is 19.8. The smallest absolute Gasteiger partial charge is 0.326 e. The average Bonchev–Trinajstić information content (AvgIpc) is 3.22. The molecule has 5 atom stereocenters. The Balaban J connectivity index is 2.89. The minimum Gasteiger partial charge on any atom is -0.480 e. The lowest BCUT2D eigenvalue weighted by Crippen LogP contribution is -2.60. The Morgan fingerprint density at radius 1 is 1.10 bits per heavy atom. The molecule has 0 saturated carbocycles. The van der Waals surface area contributed by atoms with Crippen molar-refractivity contribution in [3.8, 4) is 0 Å². The fourth-order valence-electron chi connectivity index (χ4n) is 3.27. The van der Waals surface area contributed by atoms with Crippen molar-refractivity contribution in [2.45, 2.75) is 62.9 Å². The molecule has 10 nitrogen and oxygen atoms in total. The van der Waals surface area contributed by atoms with Crippen molar-refractivity contribution >= 4 is 47.2 Å². The number of aliphatic carboxylic acids is 1. The lowest BCUT2D eigenvalue weighted by molar-refractivity contribution is -0.150. The molecule has 0 radical (unpaired) electrons. The normalized spacial score (nSPS) is 19.9. The third kappa shape index (κ3) is 8.51.